The van der Waals surface area contributed by atoms with Gasteiger partial charge in [-0.25, -0.2) is 4.98 Å². The Balaban J connectivity index is 2.30. The van der Waals surface area contributed by atoms with Crippen LogP contribution in [0.1, 0.15) is 13.8 Å². The molecule has 0 aliphatic carbocycles. The Morgan fingerprint density at radius 1 is 1.24 bits per heavy atom. The van der Waals surface area contributed by atoms with Crippen LogP contribution in [0.2, 0.25) is 0 Å². The van der Waals surface area contributed by atoms with Crippen molar-refractivity contribution in [2.24, 2.45) is 0 Å². The van der Waals surface area contributed by atoms with E-state index in [4.69, 9.17) is 4.74 Å². The van der Waals surface area contributed by atoms with Crippen molar-refractivity contribution in [3.63, 3.8) is 0 Å². The van der Waals surface area contributed by atoms with Crippen molar-refractivity contribution >= 4 is 0 Å². The maximum Gasteiger partial charge on any atom is 0.258 e. The molecule has 0 saturated carbocycles. The van der Waals surface area contributed by atoms with E-state index in [1.54, 1.807) is 6.20 Å². The molecular formula is C13H14N2O2. The van der Waals surface area contributed by atoms with Crippen LogP contribution in [0, 0.1) is 0 Å². The molecule has 0 aliphatic rings. The molecule has 2 rings (SSSR count). The van der Waals surface area contributed by atoms with Crippen LogP contribution in [0.15, 0.2) is 41.6 Å². The second kappa shape index (κ2) is 4.82. The van der Waals surface area contributed by atoms with Gasteiger partial charge in [-0.15, -0.1) is 0 Å². The van der Waals surface area contributed by atoms with Gasteiger partial charge in [0.2, 0.25) is 0 Å². The van der Waals surface area contributed by atoms with Crippen molar-refractivity contribution in [2.45, 2.75) is 20.0 Å². The molecule has 1 aromatic heterocycles. The minimum absolute atomic E-state index is 0.141. The second-order valence-corrected chi connectivity index (χ2v) is 3.99. The third-order valence-electron chi connectivity index (χ3n) is 2.26. The van der Waals surface area contributed by atoms with E-state index in [9.17, 15) is 4.79 Å². The smallest absolute Gasteiger partial charge is 0.258 e. The van der Waals surface area contributed by atoms with Gasteiger partial charge in [0.15, 0.2) is 0 Å². The molecule has 0 aliphatic heterocycles. The fourth-order valence-electron chi connectivity index (χ4n) is 1.53. The Labute approximate surface area is 99.3 Å². The highest BCUT2D eigenvalue weighted by Gasteiger charge is 2.03. The van der Waals surface area contributed by atoms with Gasteiger partial charge in [0, 0.05) is 6.20 Å². The van der Waals surface area contributed by atoms with Gasteiger partial charge >= 0.3 is 0 Å². The lowest BCUT2D eigenvalue weighted by atomic mass is 10.1. The van der Waals surface area contributed by atoms with Gasteiger partial charge in [-0.1, -0.05) is 12.1 Å². The summed E-state index contributed by atoms with van der Waals surface area (Å²) < 4.78 is 5.53. The fraction of sp³-hybridized carbons (Fsp3) is 0.231. The molecule has 88 valence electrons. The summed E-state index contributed by atoms with van der Waals surface area (Å²) in [6, 6.07) is 7.40. The van der Waals surface area contributed by atoms with Crippen molar-refractivity contribution in [1.82, 2.24) is 9.97 Å². The zero-order chi connectivity index (χ0) is 12.3. The lowest BCUT2D eigenvalue weighted by Crippen LogP contribution is -2.08. The van der Waals surface area contributed by atoms with Crippen molar-refractivity contribution in [3.05, 3.63) is 47.1 Å². The van der Waals surface area contributed by atoms with Crippen molar-refractivity contribution in [3.8, 4) is 16.9 Å². The van der Waals surface area contributed by atoms with Crippen molar-refractivity contribution in [1.29, 1.82) is 0 Å². The molecule has 0 bridgehead atoms. The Bertz CT molecular complexity index is 544. The van der Waals surface area contributed by atoms with Gasteiger partial charge in [-0.2, -0.15) is 0 Å². The molecule has 4 nitrogen and oxygen atoms in total. The highest BCUT2D eigenvalue weighted by molar-refractivity contribution is 5.61. The summed E-state index contributed by atoms with van der Waals surface area (Å²) in [7, 11) is 0. The van der Waals surface area contributed by atoms with E-state index >= 15 is 0 Å². The van der Waals surface area contributed by atoms with Gasteiger partial charge in [-0.05, 0) is 31.5 Å². The first kappa shape index (κ1) is 11.4. The predicted molar refractivity (Wildman–Crippen MR) is 66.1 cm³/mol. The van der Waals surface area contributed by atoms with Crippen LogP contribution in [0.5, 0.6) is 5.75 Å². The molecule has 1 aromatic carbocycles. The molecule has 0 fully saturated rings. The number of H-pyrrole nitrogens is 1. The fourth-order valence-corrected chi connectivity index (χ4v) is 1.53. The molecule has 17 heavy (non-hydrogen) atoms. The largest absolute Gasteiger partial charge is 0.491 e. The van der Waals surface area contributed by atoms with Gasteiger partial charge in [0.05, 0.1) is 18.0 Å². The quantitative estimate of drug-likeness (QED) is 0.879. The Morgan fingerprint density at radius 3 is 2.53 bits per heavy atom. The molecule has 4 heteroatoms. The van der Waals surface area contributed by atoms with E-state index < -0.39 is 0 Å². The second-order valence-electron chi connectivity index (χ2n) is 3.99. The molecule has 0 unspecified atom stereocenters. The molecule has 1 N–H and O–H groups in total. The van der Waals surface area contributed by atoms with Crippen LogP contribution in [0.25, 0.3) is 11.1 Å². The Kier molecular flexibility index (Phi) is 3.23. The number of hydrogen-bond acceptors (Lipinski definition) is 3. The zero-order valence-electron chi connectivity index (χ0n) is 9.81. The van der Waals surface area contributed by atoms with Crippen LogP contribution in [-0.2, 0) is 0 Å². The molecule has 1 heterocycles. The SMILES string of the molecule is CC(C)Oc1ccc(-c2cnc[nH]c2=O)cc1. The molecule has 2 aromatic rings. The maximum atomic E-state index is 11.6. The summed E-state index contributed by atoms with van der Waals surface area (Å²) in [5, 5.41) is 0. The Morgan fingerprint density at radius 2 is 1.94 bits per heavy atom. The van der Waals surface area contributed by atoms with Gasteiger partial charge < -0.3 is 9.72 Å². The minimum Gasteiger partial charge on any atom is -0.491 e. The average Bonchev–Trinajstić information content (AvgIpc) is 2.30. The van der Waals surface area contributed by atoms with E-state index in [0.29, 0.717) is 5.56 Å². The number of benzene rings is 1. The van der Waals surface area contributed by atoms with Gasteiger partial charge in [0.1, 0.15) is 5.75 Å². The van der Waals surface area contributed by atoms with Gasteiger partial charge in [-0.3, -0.25) is 4.79 Å². The maximum absolute atomic E-state index is 11.6. The van der Waals surface area contributed by atoms with E-state index in [2.05, 4.69) is 9.97 Å². The normalized spacial score (nSPS) is 10.5. The molecular weight excluding hydrogens is 216 g/mol. The summed E-state index contributed by atoms with van der Waals surface area (Å²) in [5.74, 6) is 0.795. The number of nitrogens with one attached hydrogen (secondary N) is 1. The average molecular weight is 230 g/mol. The van der Waals surface area contributed by atoms with E-state index in [0.717, 1.165) is 11.3 Å². The summed E-state index contributed by atoms with van der Waals surface area (Å²) in [6.45, 7) is 3.94. The molecule has 0 atom stereocenters. The third-order valence-corrected chi connectivity index (χ3v) is 2.26. The highest BCUT2D eigenvalue weighted by Crippen LogP contribution is 2.19. The minimum atomic E-state index is -0.141. The third kappa shape index (κ3) is 2.72. The number of ether oxygens (including phenoxy) is 1. The highest BCUT2D eigenvalue weighted by atomic mass is 16.5. The molecule has 0 amide bonds. The van der Waals surface area contributed by atoms with Crippen LogP contribution in [0.3, 0.4) is 0 Å². The number of hydrogen-bond donors (Lipinski definition) is 1. The van der Waals surface area contributed by atoms with E-state index in [1.165, 1.54) is 6.33 Å². The lowest BCUT2D eigenvalue weighted by molar-refractivity contribution is 0.242. The summed E-state index contributed by atoms with van der Waals surface area (Å²) in [4.78, 5) is 18.0. The topological polar surface area (TPSA) is 55.0 Å². The standard InChI is InChI=1S/C13H14N2O2/c1-9(2)17-11-5-3-10(4-6-11)12-7-14-8-15-13(12)16/h3-9H,1-2H3,(H,14,15,16). The number of aromatic nitrogens is 2. The number of nitrogens with zero attached hydrogens (tertiary/aromatic N) is 1. The van der Waals surface area contributed by atoms with Crippen molar-refractivity contribution in [2.75, 3.05) is 0 Å². The number of rotatable bonds is 3. The first-order valence-corrected chi connectivity index (χ1v) is 5.46. The van der Waals surface area contributed by atoms with Gasteiger partial charge in [0.25, 0.3) is 5.56 Å². The van der Waals surface area contributed by atoms with E-state index in [1.807, 2.05) is 38.1 Å². The zero-order valence-corrected chi connectivity index (χ0v) is 9.81. The Hall–Kier alpha value is -2.10. The van der Waals surface area contributed by atoms with E-state index in [-0.39, 0.29) is 11.7 Å². The molecule has 0 spiro atoms. The lowest BCUT2D eigenvalue weighted by Gasteiger charge is -2.09. The van der Waals surface area contributed by atoms with Crippen molar-refractivity contribution < 1.29 is 4.74 Å². The first-order chi connectivity index (χ1) is 8.16. The van der Waals surface area contributed by atoms with Crippen LogP contribution < -0.4 is 10.3 Å². The summed E-state index contributed by atoms with van der Waals surface area (Å²) >= 11 is 0. The van der Waals surface area contributed by atoms with Crippen LogP contribution in [0.4, 0.5) is 0 Å². The molecule has 0 saturated heterocycles. The van der Waals surface area contributed by atoms with Crippen LogP contribution in [-0.4, -0.2) is 16.1 Å². The molecule has 0 radical (unpaired) electrons. The summed E-state index contributed by atoms with van der Waals surface area (Å²) in [5.41, 5.74) is 1.25. The number of aromatic amines is 1. The first-order valence-electron chi connectivity index (χ1n) is 5.46. The monoisotopic (exact) mass is 230 g/mol. The summed E-state index contributed by atoms with van der Waals surface area (Å²) in [6.07, 6.45) is 3.07. The van der Waals surface area contributed by atoms with Crippen LogP contribution >= 0.6 is 0 Å². The predicted octanol–water partition coefficient (Wildman–Crippen LogP) is 2.22.